The first-order chi connectivity index (χ1) is 15.1. The quantitative estimate of drug-likeness (QED) is 0.430. The molecular weight excluding hydrogens is 402 g/mol. The van der Waals surface area contributed by atoms with Crippen molar-refractivity contribution in [1.29, 1.82) is 0 Å². The first kappa shape index (κ1) is 21.5. The van der Waals surface area contributed by atoms with Crippen LogP contribution in [0.1, 0.15) is 47.3 Å². The number of ketones is 3. The van der Waals surface area contributed by atoms with E-state index < -0.39 is 17.0 Å². The number of hydrogen-bond acceptors (Lipinski definition) is 5. The van der Waals surface area contributed by atoms with E-state index in [4.69, 9.17) is 0 Å². The number of aryl methyl sites for hydroxylation is 1. The van der Waals surface area contributed by atoms with Gasteiger partial charge in [-0.1, -0.05) is 60.2 Å². The molecule has 2 aromatic rings. The molecule has 2 N–H and O–H groups in total. The predicted octanol–water partition coefficient (Wildman–Crippen LogP) is 4.38. The molecule has 1 atom stereocenters. The van der Waals surface area contributed by atoms with Crippen molar-refractivity contribution in [2.24, 2.45) is 0 Å². The second-order valence-corrected chi connectivity index (χ2v) is 9.08. The molecule has 4 rings (SSSR count). The molecule has 0 amide bonds. The molecule has 0 bridgehead atoms. The van der Waals surface area contributed by atoms with Crippen molar-refractivity contribution < 1.29 is 19.5 Å². The lowest BCUT2D eigenvalue weighted by Gasteiger charge is -2.32. The summed E-state index contributed by atoms with van der Waals surface area (Å²) in [7, 11) is 0. The normalized spacial score (nSPS) is 22.7. The molecule has 5 heteroatoms. The third kappa shape index (κ3) is 3.82. The highest BCUT2D eigenvalue weighted by Crippen LogP contribution is 2.48. The van der Waals surface area contributed by atoms with E-state index in [1.54, 1.807) is 18.2 Å². The van der Waals surface area contributed by atoms with Gasteiger partial charge in [-0.05, 0) is 38.8 Å². The highest BCUT2D eigenvalue weighted by molar-refractivity contribution is 6.46. The monoisotopic (exact) mass is 427 g/mol. The van der Waals surface area contributed by atoms with Crippen LogP contribution in [-0.2, 0) is 15.0 Å². The molecule has 0 aromatic heterocycles. The Labute approximate surface area is 187 Å². The van der Waals surface area contributed by atoms with E-state index in [2.05, 4.69) is 5.32 Å². The van der Waals surface area contributed by atoms with Crippen molar-refractivity contribution in [2.75, 3.05) is 0 Å². The van der Waals surface area contributed by atoms with Crippen LogP contribution >= 0.6 is 0 Å². The van der Waals surface area contributed by atoms with Gasteiger partial charge in [0, 0.05) is 34.5 Å². The summed E-state index contributed by atoms with van der Waals surface area (Å²) in [6.45, 7) is 5.94. The minimum atomic E-state index is -0.818. The summed E-state index contributed by atoms with van der Waals surface area (Å²) >= 11 is 0. The van der Waals surface area contributed by atoms with Crippen LogP contribution in [0.25, 0.3) is 5.76 Å². The number of hydrogen-bond donors (Lipinski definition) is 2. The maximum absolute atomic E-state index is 12.8. The van der Waals surface area contributed by atoms with E-state index in [0.717, 1.165) is 17.2 Å². The molecule has 0 radical (unpaired) electrons. The smallest absolute Gasteiger partial charge is 0.229 e. The zero-order chi connectivity index (χ0) is 23.1. The lowest BCUT2D eigenvalue weighted by Crippen LogP contribution is -2.31. The number of fused-ring (bicyclic) bond motifs is 2. The van der Waals surface area contributed by atoms with Crippen LogP contribution in [0, 0.1) is 6.92 Å². The molecule has 32 heavy (non-hydrogen) atoms. The van der Waals surface area contributed by atoms with Gasteiger partial charge in [-0.25, -0.2) is 0 Å². The van der Waals surface area contributed by atoms with Crippen LogP contribution in [-0.4, -0.2) is 28.0 Å². The number of allylic oxidation sites excluding steroid dienone is 4. The zero-order valence-electron chi connectivity index (χ0n) is 18.3. The fourth-order valence-electron chi connectivity index (χ4n) is 4.56. The van der Waals surface area contributed by atoms with Gasteiger partial charge in [0.2, 0.25) is 11.6 Å². The number of benzene rings is 2. The standard InChI is InChI=1S/C27H25NO4/c1-17-8-10-18(11-9-17)22(30)14-23(31)24(32)15-25-27(16-26(2,3)28-25)13-12-21(29)19-6-4-5-7-20(19)27/h4-15,28,30H,16H2,1-3H3/b22-14-,25-15-. The highest BCUT2D eigenvalue weighted by atomic mass is 16.3. The number of rotatable bonds is 4. The van der Waals surface area contributed by atoms with Gasteiger partial charge in [0.25, 0.3) is 0 Å². The van der Waals surface area contributed by atoms with Crippen molar-refractivity contribution in [1.82, 2.24) is 5.32 Å². The molecular formula is C27H25NO4. The van der Waals surface area contributed by atoms with Gasteiger partial charge >= 0.3 is 0 Å². The van der Waals surface area contributed by atoms with Gasteiger partial charge in [-0.15, -0.1) is 0 Å². The lowest BCUT2D eigenvalue weighted by atomic mass is 9.69. The first-order valence-corrected chi connectivity index (χ1v) is 10.5. The lowest BCUT2D eigenvalue weighted by molar-refractivity contribution is -0.131. The van der Waals surface area contributed by atoms with Crippen molar-refractivity contribution >= 4 is 23.1 Å². The Morgan fingerprint density at radius 1 is 1.03 bits per heavy atom. The Balaban J connectivity index is 1.70. The molecule has 2 aromatic carbocycles. The van der Waals surface area contributed by atoms with Crippen LogP contribution in [0.4, 0.5) is 0 Å². The molecule has 1 spiro atoms. The number of aliphatic hydroxyl groups excluding tert-OH is 1. The predicted molar refractivity (Wildman–Crippen MR) is 123 cm³/mol. The molecule has 0 saturated carbocycles. The van der Waals surface area contributed by atoms with E-state index in [1.165, 1.54) is 12.2 Å². The van der Waals surface area contributed by atoms with Crippen LogP contribution in [0.15, 0.2) is 78.5 Å². The highest BCUT2D eigenvalue weighted by Gasteiger charge is 2.49. The summed E-state index contributed by atoms with van der Waals surface area (Å²) in [5, 5.41) is 13.6. The average Bonchev–Trinajstić information content (AvgIpc) is 3.01. The Morgan fingerprint density at radius 2 is 1.72 bits per heavy atom. The third-order valence-electron chi connectivity index (χ3n) is 6.00. The molecule has 2 aliphatic rings. The van der Waals surface area contributed by atoms with Crippen molar-refractivity contribution in [3.05, 3.63) is 101 Å². The topological polar surface area (TPSA) is 83.5 Å². The van der Waals surface area contributed by atoms with Gasteiger partial charge < -0.3 is 10.4 Å². The fraction of sp³-hybridized carbons (Fsp3) is 0.222. The van der Waals surface area contributed by atoms with Crippen LogP contribution in [0.5, 0.6) is 0 Å². The average molecular weight is 428 g/mol. The minimum Gasteiger partial charge on any atom is -0.507 e. The summed E-state index contributed by atoms with van der Waals surface area (Å²) in [5.74, 6) is -1.90. The van der Waals surface area contributed by atoms with Gasteiger partial charge in [0.05, 0.1) is 5.41 Å². The maximum Gasteiger partial charge on any atom is 0.229 e. The molecule has 1 saturated heterocycles. The van der Waals surface area contributed by atoms with E-state index >= 15 is 0 Å². The fourth-order valence-corrected chi connectivity index (χ4v) is 4.56. The van der Waals surface area contributed by atoms with Crippen LogP contribution < -0.4 is 5.32 Å². The van der Waals surface area contributed by atoms with Gasteiger partial charge in [0.1, 0.15) is 5.76 Å². The number of carbonyl (C=O) groups excluding carboxylic acids is 3. The molecule has 5 nitrogen and oxygen atoms in total. The van der Waals surface area contributed by atoms with E-state index in [-0.39, 0.29) is 17.1 Å². The molecule has 1 heterocycles. The number of aliphatic hydroxyl groups is 1. The summed E-state index contributed by atoms with van der Waals surface area (Å²) in [6, 6.07) is 14.4. The maximum atomic E-state index is 12.8. The van der Waals surface area contributed by atoms with E-state index in [9.17, 15) is 19.5 Å². The number of carbonyl (C=O) groups is 3. The number of nitrogens with one attached hydrogen (secondary N) is 1. The molecule has 1 aliphatic heterocycles. The Bertz CT molecular complexity index is 1210. The summed E-state index contributed by atoms with van der Waals surface area (Å²) in [6.07, 6.45) is 6.23. The first-order valence-electron chi connectivity index (χ1n) is 10.5. The second-order valence-electron chi connectivity index (χ2n) is 9.08. The molecule has 1 aliphatic carbocycles. The largest absolute Gasteiger partial charge is 0.507 e. The summed E-state index contributed by atoms with van der Waals surface area (Å²) in [5.41, 5.74) is 2.41. The molecule has 1 fully saturated rings. The van der Waals surface area contributed by atoms with Crippen molar-refractivity contribution in [3.8, 4) is 0 Å². The molecule has 1 unspecified atom stereocenters. The molecule has 162 valence electrons. The third-order valence-corrected chi connectivity index (χ3v) is 6.00. The van der Waals surface area contributed by atoms with E-state index in [1.807, 2.05) is 57.2 Å². The van der Waals surface area contributed by atoms with Crippen LogP contribution in [0.3, 0.4) is 0 Å². The van der Waals surface area contributed by atoms with Gasteiger partial charge in [-0.3, -0.25) is 14.4 Å². The van der Waals surface area contributed by atoms with Crippen molar-refractivity contribution in [2.45, 2.75) is 38.1 Å². The van der Waals surface area contributed by atoms with Crippen molar-refractivity contribution in [3.63, 3.8) is 0 Å². The SMILES string of the molecule is Cc1ccc(/C(O)=C/C(=O)C(=O)/C=C2\NC(C)(C)CC23C=CC(=O)c2ccccc23)cc1. The van der Waals surface area contributed by atoms with Gasteiger partial charge in [-0.2, -0.15) is 0 Å². The van der Waals surface area contributed by atoms with Gasteiger partial charge in [0.15, 0.2) is 5.78 Å². The summed E-state index contributed by atoms with van der Waals surface area (Å²) < 4.78 is 0. The second kappa shape index (κ2) is 7.75. The Hall–Kier alpha value is -3.73. The minimum absolute atomic E-state index is 0.0800. The van der Waals surface area contributed by atoms with Crippen LogP contribution in [0.2, 0.25) is 0 Å². The van der Waals surface area contributed by atoms with E-state index in [0.29, 0.717) is 23.2 Å². The zero-order valence-corrected chi connectivity index (χ0v) is 18.3. The summed E-state index contributed by atoms with van der Waals surface area (Å²) in [4.78, 5) is 37.8. The Kier molecular flexibility index (Phi) is 5.21. The Morgan fingerprint density at radius 3 is 2.44 bits per heavy atom.